The molecule has 0 spiro atoms. The number of benzene rings is 1. The van der Waals surface area contributed by atoms with Crippen LogP contribution in [-0.2, 0) is 9.53 Å². The van der Waals surface area contributed by atoms with E-state index in [9.17, 15) is 4.79 Å². The maximum absolute atomic E-state index is 12.5. The van der Waals surface area contributed by atoms with Crippen LogP contribution in [0.2, 0.25) is 0 Å². The minimum atomic E-state index is -0.116. The fourth-order valence-corrected chi connectivity index (χ4v) is 5.22. The molecule has 152 valence electrons. The molecule has 3 nitrogen and oxygen atoms in total. The number of hydrogen-bond acceptors (Lipinski definition) is 4. The van der Waals surface area contributed by atoms with Crippen molar-refractivity contribution in [3.05, 3.63) is 34.9 Å². The van der Waals surface area contributed by atoms with Crippen molar-refractivity contribution in [2.75, 3.05) is 5.75 Å². The lowest BCUT2D eigenvalue weighted by molar-refractivity contribution is -0.152. The van der Waals surface area contributed by atoms with Crippen LogP contribution in [0.5, 0.6) is 0 Å². The summed E-state index contributed by atoms with van der Waals surface area (Å²) in [4.78, 5) is 17.4. The van der Waals surface area contributed by atoms with E-state index in [1.54, 1.807) is 0 Å². The predicted molar refractivity (Wildman–Crippen MR) is 118 cm³/mol. The van der Waals surface area contributed by atoms with Crippen molar-refractivity contribution in [1.29, 1.82) is 0 Å². The largest absolute Gasteiger partial charge is 0.461 e. The molecule has 1 heterocycles. The lowest BCUT2D eigenvalue weighted by atomic mass is 9.75. The molecule has 0 unspecified atom stereocenters. The lowest BCUT2D eigenvalue weighted by Crippen LogP contribution is -2.36. The first kappa shape index (κ1) is 21.2. The third-order valence-electron chi connectivity index (χ3n) is 6.01. The van der Waals surface area contributed by atoms with Crippen molar-refractivity contribution in [1.82, 2.24) is 4.98 Å². The van der Waals surface area contributed by atoms with E-state index in [-0.39, 0.29) is 12.1 Å². The van der Waals surface area contributed by atoms with Gasteiger partial charge in [0.25, 0.3) is 0 Å². The number of pyridine rings is 1. The summed E-state index contributed by atoms with van der Waals surface area (Å²) in [5.74, 6) is 1.87. The molecular formula is C24H33NO2S. The predicted octanol–water partition coefficient (Wildman–Crippen LogP) is 6.26. The quantitative estimate of drug-likeness (QED) is 0.440. The van der Waals surface area contributed by atoms with Gasteiger partial charge in [0.2, 0.25) is 0 Å². The Labute approximate surface area is 173 Å². The lowest BCUT2D eigenvalue weighted by Gasteiger charge is -2.36. The summed E-state index contributed by atoms with van der Waals surface area (Å²) >= 11 is 1.48. The highest BCUT2D eigenvalue weighted by molar-refractivity contribution is 7.99. The van der Waals surface area contributed by atoms with Crippen molar-refractivity contribution in [3.8, 4) is 0 Å². The number of aryl methyl sites for hydroxylation is 3. The number of ether oxygens (including phenoxy) is 1. The zero-order valence-corrected chi connectivity index (χ0v) is 18.9. The first-order valence-electron chi connectivity index (χ1n) is 10.5. The topological polar surface area (TPSA) is 39.2 Å². The number of fused-ring (bicyclic) bond motifs is 1. The van der Waals surface area contributed by atoms with E-state index in [1.165, 1.54) is 40.3 Å². The highest BCUT2D eigenvalue weighted by Gasteiger charge is 2.33. The molecule has 28 heavy (non-hydrogen) atoms. The second kappa shape index (κ2) is 8.86. The highest BCUT2D eigenvalue weighted by atomic mass is 32.2. The fourth-order valence-electron chi connectivity index (χ4n) is 4.47. The molecule has 1 aliphatic carbocycles. The van der Waals surface area contributed by atoms with Crippen molar-refractivity contribution >= 4 is 28.6 Å². The van der Waals surface area contributed by atoms with Gasteiger partial charge in [-0.2, -0.15) is 0 Å². The normalized spacial score (nSPS) is 22.6. The molecule has 1 aromatic carbocycles. The van der Waals surface area contributed by atoms with Crippen molar-refractivity contribution < 1.29 is 9.53 Å². The standard InChI is InChI=1S/C24H33NO2S/c1-14(2)19-8-7-15(3)11-21(19)27-23(26)13-28-22-12-17(5)20-10-16(4)9-18(6)24(20)25-22/h9-10,12,14-15,19,21H,7-8,11,13H2,1-6H3/t15-,19-,21+/m0/s1. The number of nitrogens with zero attached hydrogens (tertiary/aromatic N) is 1. The van der Waals surface area contributed by atoms with Gasteiger partial charge in [-0.15, -0.1) is 0 Å². The Morgan fingerprint density at radius 1 is 1.18 bits per heavy atom. The summed E-state index contributed by atoms with van der Waals surface area (Å²) < 4.78 is 5.93. The number of thioether (sulfide) groups is 1. The van der Waals surface area contributed by atoms with Gasteiger partial charge in [0.15, 0.2) is 0 Å². The summed E-state index contributed by atoms with van der Waals surface area (Å²) in [6.45, 7) is 13.1. The van der Waals surface area contributed by atoms with Gasteiger partial charge < -0.3 is 4.74 Å². The molecule has 0 N–H and O–H groups in total. The van der Waals surface area contributed by atoms with Crippen LogP contribution < -0.4 is 0 Å². The van der Waals surface area contributed by atoms with Crippen LogP contribution in [0.25, 0.3) is 10.9 Å². The Kier molecular flexibility index (Phi) is 6.69. The van der Waals surface area contributed by atoms with Gasteiger partial charge in [0.1, 0.15) is 6.10 Å². The maximum Gasteiger partial charge on any atom is 0.316 e. The average molecular weight is 400 g/mol. The molecule has 1 fully saturated rings. The Balaban J connectivity index is 1.67. The number of hydrogen-bond donors (Lipinski definition) is 0. The van der Waals surface area contributed by atoms with Crippen LogP contribution in [-0.4, -0.2) is 22.8 Å². The van der Waals surface area contributed by atoms with E-state index in [4.69, 9.17) is 9.72 Å². The average Bonchev–Trinajstić information content (AvgIpc) is 2.60. The van der Waals surface area contributed by atoms with Gasteiger partial charge >= 0.3 is 5.97 Å². The molecule has 4 heteroatoms. The summed E-state index contributed by atoms with van der Waals surface area (Å²) in [6, 6.07) is 6.43. The van der Waals surface area contributed by atoms with E-state index >= 15 is 0 Å². The molecule has 0 radical (unpaired) electrons. The number of esters is 1. The van der Waals surface area contributed by atoms with Crippen LogP contribution in [0.15, 0.2) is 23.2 Å². The molecule has 3 rings (SSSR count). The molecule has 1 aliphatic rings. The van der Waals surface area contributed by atoms with Crippen LogP contribution in [0.4, 0.5) is 0 Å². The van der Waals surface area contributed by atoms with Crippen molar-refractivity contribution in [2.45, 2.75) is 71.9 Å². The van der Waals surface area contributed by atoms with Gasteiger partial charge in [-0.1, -0.05) is 50.6 Å². The molecular weight excluding hydrogens is 366 g/mol. The second-order valence-electron chi connectivity index (χ2n) is 8.90. The molecule has 3 atom stereocenters. The fraction of sp³-hybridized carbons (Fsp3) is 0.583. The number of carbonyl (C=O) groups is 1. The minimum Gasteiger partial charge on any atom is -0.461 e. The number of carbonyl (C=O) groups excluding carboxylic acids is 1. The maximum atomic E-state index is 12.5. The van der Waals surface area contributed by atoms with Crippen molar-refractivity contribution in [2.24, 2.45) is 17.8 Å². The van der Waals surface area contributed by atoms with Gasteiger partial charge in [-0.05, 0) is 74.6 Å². The van der Waals surface area contributed by atoms with Crippen molar-refractivity contribution in [3.63, 3.8) is 0 Å². The van der Waals surface area contributed by atoms with E-state index in [2.05, 4.69) is 59.7 Å². The van der Waals surface area contributed by atoms with Gasteiger partial charge in [0, 0.05) is 5.39 Å². The number of aromatic nitrogens is 1. The molecule has 0 aliphatic heterocycles. The van der Waals surface area contributed by atoms with E-state index < -0.39 is 0 Å². The second-order valence-corrected chi connectivity index (χ2v) is 9.89. The summed E-state index contributed by atoms with van der Waals surface area (Å²) in [5, 5.41) is 2.09. The highest BCUT2D eigenvalue weighted by Crippen LogP contribution is 2.35. The summed E-state index contributed by atoms with van der Waals surface area (Å²) in [7, 11) is 0. The SMILES string of the molecule is Cc1cc(C)c2nc(SCC(=O)O[C@@H]3C[C@@H](C)CC[C@H]3C(C)C)cc(C)c2c1. The monoisotopic (exact) mass is 399 g/mol. The molecule has 2 aromatic rings. The third kappa shape index (κ3) is 4.89. The number of rotatable bonds is 5. The third-order valence-corrected chi connectivity index (χ3v) is 6.90. The first-order valence-corrected chi connectivity index (χ1v) is 11.4. The van der Waals surface area contributed by atoms with E-state index in [0.29, 0.717) is 23.5 Å². The molecule has 1 aromatic heterocycles. The summed E-state index contributed by atoms with van der Waals surface area (Å²) in [6.07, 6.45) is 3.46. The van der Waals surface area contributed by atoms with E-state index in [1.807, 2.05) is 0 Å². The van der Waals surface area contributed by atoms with Gasteiger partial charge in [-0.25, -0.2) is 4.98 Å². The summed E-state index contributed by atoms with van der Waals surface area (Å²) in [5.41, 5.74) is 4.66. The Bertz CT molecular complexity index is 861. The molecule has 0 bridgehead atoms. The zero-order chi connectivity index (χ0) is 20.4. The van der Waals surface area contributed by atoms with E-state index in [0.717, 1.165) is 23.4 Å². The van der Waals surface area contributed by atoms with Gasteiger partial charge in [-0.3, -0.25) is 4.79 Å². The minimum absolute atomic E-state index is 0.0633. The molecule has 0 saturated heterocycles. The Morgan fingerprint density at radius 2 is 1.93 bits per heavy atom. The van der Waals surface area contributed by atoms with Crippen LogP contribution in [0.3, 0.4) is 0 Å². The van der Waals surface area contributed by atoms with Gasteiger partial charge in [0.05, 0.1) is 16.3 Å². The Hall–Kier alpha value is -1.55. The molecule has 0 amide bonds. The van der Waals surface area contributed by atoms with Crippen LogP contribution in [0, 0.1) is 38.5 Å². The van der Waals surface area contributed by atoms with Crippen LogP contribution in [0.1, 0.15) is 56.7 Å². The van der Waals surface area contributed by atoms with Crippen LogP contribution >= 0.6 is 11.8 Å². The molecule has 1 saturated carbocycles. The Morgan fingerprint density at radius 3 is 2.64 bits per heavy atom. The smallest absolute Gasteiger partial charge is 0.316 e. The first-order chi connectivity index (χ1) is 13.2. The zero-order valence-electron chi connectivity index (χ0n) is 18.0.